The summed E-state index contributed by atoms with van der Waals surface area (Å²) < 4.78 is 5.56. The number of amides is 3. The molecule has 0 aromatic heterocycles. The van der Waals surface area contributed by atoms with Crippen molar-refractivity contribution in [3.05, 3.63) is 0 Å². The van der Waals surface area contributed by atoms with Gasteiger partial charge in [-0.1, -0.05) is 38.5 Å². The van der Waals surface area contributed by atoms with Gasteiger partial charge in [-0.3, -0.25) is 9.59 Å². The maximum absolute atomic E-state index is 12.9. The molecule has 48 heavy (non-hydrogen) atoms. The number of nitrogens with one attached hydrogen (secondary N) is 1. The highest BCUT2D eigenvalue weighted by Gasteiger charge is 2.45. The second kappa shape index (κ2) is 20.3. The number of ether oxygens (including phenoxy) is 1. The van der Waals surface area contributed by atoms with E-state index in [0.29, 0.717) is 36.8 Å². The highest BCUT2D eigenvalue weighted by Crippen LogP contribution is 2.49. The lowest BCUT2D eigenvalue weighted by atomic mass is 9.62. The zero-order chi connectivity index (χ0) is 34.5. The predicted octanol–water partition coefficient (Wildman–Crippen LogP) is 8.46. The standard InChI is InChI=1S/C22H40N2O3.C17H32N2O.ClH/c1-6-23(7-2)19(25)17-22(18-11-9-8-10-12-18)13-15-24(16-14-22)20(26)27-21(3,4)5;1-3-19(4-2)16(20)14-17(10-12-18-13-11-17)15-8-6-5-7-9-15;/h18H,6-17H2,1-5H3;15,18H,3-14H2,1-2H3;1H. The molecule has 0 bridgehead atoms. The first-order valence-electron chi connectivity index (χ1n) is 19.7. The smallest absolute Gasteiger partial charge is 0.410 e. The highest BCUT2D eigenvalue weighted by molar-refractivity contribution is 5.85. The molecule has 2 heterocycles. The van der Waals surface area contributed by atoms with E-state index in [1.807, 2.05) is 35.5 Å². The Morgan fingerprint density at radius 3 is 1.40 bits per heavy atom. The second-order valence-electron chi connectivity index (χ2n) is 16.1. The van der Waals surface area contributed by atoms with Crippen LogP contribution in [-0.4, -0.2) is 90.6 Å². The summed E-state index contributed by atoms with van der Waals surface area (Å²) in [5.41, 5.74) is -0.113. The third-order valence-electron chi connectivity index (χ3n) is 12.2. The van der Waals surface area contributed by atoms with Gasteiger partial charge in [-0.05, 0) is 136 Å². The third kappa shape index (κ3) is 12.1. The van der Waals surface area contributed by atoms with Crippen molar-refractivity contribution in [1.29, 1.82) is 0 Å². The second-order valence-corrected chi connectivity index (χ2v) is 16.1. The molecule has 0 spiro atoms. The molecule has 0 aromatic rings. The van der Waals surface area contributed by atoms with Crippen LogP contribution in [-0.2, 0) is 14.3 Å². The Balaban J connectivity index is 0.000000340. The molecular formula is C39H73ClN4O4. The molecular weight excluding hydrogens is 624 g/mol. The number of halogens is 1. The van der Waals surface area contributed by atoms with Crippen molar-refractivity contribution < 1.29 is 19.1 Å². The first-order chi connectivity index (χ1) is 22.4. The monoisotopic (exact) mass is 697 g/mol. The van der Waals surface area contributed by atoms with E-state index in [9.17, 15) is 14.4 Å². The number of carbonyl (C=O) groups is 3. The summed E-state index contributed by atoms with van der Waals surface area (Å²) in [6.07, 6.45) is 18.7. The van der Waals surface area contributed by atoms with E-state index in [4.69, 9.17) is 4.74 Å². The number of piperidine rings is 2. The molecule has 1 N–H and O–H groups in total. The quantitative estimate of drug-likeness (QED) is 0.248. The topological polar surface area (TPSA) is 82.2 Å². The van der Waals surface area contributed by atoms with Crippen LogP contribution >= 0.6 is 12.4 Å². The lowest BCUT2D eigenvalue weighted by Crippen LogP contribution is -2.49. The summed E-state index contributed by atoms with van der Waals surface area (Å²) in [4.78, 5) is 43.8. The minimum atomic E-state index is -0.465. The van der Waals surface area contributed by atoms with Gasteiger partial charge in [0.2, 0.25) is 11.8 Å². The summed E-state index contributed by atoms with van der Waals surface area (Å²) in [6.45, 7) is 20.9. The summed E-state index contributed by atoms with van der Waals surface area (Å²) in [6, 6.07) is 0. The van der Waals surface area contributed by atoms with E-state index in [2.05, 4.69) is 33.0 Å². The molecule has 8 nitrogen and oxygen atoms in total. The lowest BCUT2D eigenvalue weighted by Gasteiger charge is -2.48. The molecule has 0 unspecified atom stereocenters. The van der Waals surface area contributed by atoms with Gasteiger partial charge in [-0.2, -0.15) is 0 Å². The Bertz CT molecular complexity index is 952. The molecule has 0 radical (unpaired) electrons. The van der Waals surface area contributed by atoms with E-state index >= 15 is 0 Å². The summed E-state index contributed by atoms with van der Waals surface area (Å²) in [5, 5.41) is 3.48. The van der Waals surface area contributed by atoms with Gasteiger partial charge in [0.05, 0.1) is 0 Å². The van der Waals surface area contributed by atoms with E-state index in [0.717, 1.165) is 64.4 Å². The number of hydrogen-bond donors (Lipinski definition) is 1. The SMILES string of the molecule is CCN(CC)C(=O)CC1(C2CCCCC2)CCN(C(=O)OC(C)(C)C)CC1.CCN(CC)C(=O)CC1(C2CCCCC2)CCNCC1.Cl. The first kappa shape index (κ1) is 42.6. The maximum Gasteiger partial charge on any atom is 0.410 e. The fourth-order valence-electron chi connectivity index (χ4n) is 9.25. The Labute approximate surface area is 300 Å². The van der Waals surface area contributed by atoms with Crippen molar-refractivity contribution in [2.75, 3.05) is 52.4 Å². The summed E-state index contributed by atoms with van der Waals surface area (Å²) in [5.74, 6) is 2.09. The molecule has 4 fully saturated rings. The van der Waals surface area contributed by atoms with E-state index in [1.165, 1.54) is 77.0 Å². The molecule has 2 aliphatic carbocycles. The molecule has 0 aromatic carbocycles. The van der Waals surface area contributed by atoms with Crippen molar-refractivity contribution in [2.45, 2.75) is 157 Å². The Morgan fingerprint density at radius 1 is 0.667 bits per heavy atom. The molecule has 3 amide bonds. The minimum Gasteiger partial charge on any atom is -0.444 e. The largest absolute Gasteiger partial charge is 0.444 e. The normalized spacial score (nSPS) is 21.6. The molecule has 0 atom stereocenters. The zero-order valence-electron chi connectivity index (χ0n) is 32.0. The van der Waals surface area contributed by atoms with Gasteiger partial charge in [0.25, 0.3) is 0 Å². The molecule has 9 heteroatoms. The maximum atomic E-state index is 12.9. The highest BCUT2D eigenvalue weighted by atomic mass is 35.5. The van der Waals surface area contributed by atoms with Gasteiger partial charge >= 0.3 is 6.09 Å². The van der Waals surface area contributed by atoms with Crippen molar-refractivity contribution >= 4 is 30.3 Å². The summed E-state index contributed by atoms with van der Waals surface area (Å²) in [7, 11) is 0. The van der Waals surface area contributed by atoms with Crippen LogP contribution in [0.25, 0.3) is 0 Å². The van der Waals surface area contributed by atoms with Crippen LogP contribution in [0.15, 0.2) is 0 Å². The molecule has 2 aliphatic heterocycles. The molecule has 4 rings (SSSR count). The molecule has 280 valence electrons. The van der Waals surface area contributed by atoms with Gasteiger partial charge in [-0.25, -0.2) is 4.79 Å². The average Bonchev–Trinajstić information content (AvgIpc) is 3.07. The molecule has 2 saturated heterocycles. The van der Waals surface area contributed by atoms with Gasteiger partial charge in [0, 0.05) is 52.1 Å². The van der Waals surface area contributed by atoms with Crippen molar-refractivity contribution in [3.8, 4) is 0 Å². The van der Waals surface area contributed by atoms with Crippen molar-refractivity contribution in [3.63, 3.8) is 0 Å². The van der Waals surface area contributed by atoms with Crippen LogP contribution in [0.1, 0.15) is 151 Å². The van der Waals surface area contributed by atoms with Crippen LogP contribution in [0.5, 0.6) is 0 Å². The third-order valence-corrected chi connectivity index (χ3v) is 12.2. The molecule has 2 saturated carbocycles. The number of likely N-dealkylation sites (tertiary alicyclic amines) is 1. The number of carbonyl (C=O) groups excluding carboxylic acids is 3. The fraction of sp³-hybridized carbons (Fsp3) is 0.923. The van der Waals surface area contributed by atoms with Crippen LogP contribution < -0.4 is 5.32 Å². The fourth-order valence-corrected chi connectivity index (χ4v) is 9.25. The Morgan fingerprint density at radius 2 is 1.04 bits per heavy atom. The van der Waals surface area contributed by atoms with Gasteiger partial charge in [0.15, 0.2) is 0 Å². The van der Waals surface area contributed by atoms with Crippen LogP contribution in [0, 0.1) is 22.7 Å². The van der Waals surface area contributed by atoms with Gasteiger partial charge in [-0.15, -0.1) is 12.4 Å². The average molecular weight is 697 g/mol. The van der Waals surface area contributed by atoms with Gasteiger partial charge in [0.1, 0.15) is 5.60 Å². The van der Waals surface area contributed by atoms with Crippen molar-refractivity contribution in [2.24, 2.45) is 22.7 Å². The van der Waals surface area contributed by atoms with Crippen LogP contribution in [0.2, 0.25) is 0 Å². The predicted molar refractivity (Wildman–Crippen MR) is 199 cm³/mol. The number of hydrogen-bond acceptors (Lipinski definition) is 5. The van der Waals surface area contributed by atoms with E-state index in [1.54, 1.807) is 0 Å². The molecule has 4 aliphatic rings. The summed E-state index contributed by atoms with van der Waals surface area (Å²) >= 11 is 0. The number of nitrogens with zero attached hydrogens (tertiary/aromatic N) is 3. The lowest BCUT2D eigenvalue weighted by molar-refractivity contribution is -0.136. The Hall–Kier alpha value is -1.54. The minimum absolute atomic E-state index is 0. The van der Waals surface area contributed by atoms with Crippen molar-refractivity contribution in [1.82, 2.24) is 20.0 Å². The van der Waals surface area contributed by atoms with E-state index in [-0.39, 0.29) is 29.8 Å². The van der Waals surface area contributed by atoms with Crippen LogP contribution in [0.3, 0.4) is 0 Å². The first-order valence-corrected chi connectivity index (χ1v) is 19.7. The Kier molecular flexibility index (Phi) is 18.1. The zero-order valence-corrected chi connectivity index (χ0v) is 32.8. The van der Waals surface area contributed by atoms with Crippen LogP contribution in [0.4, 0.5) is 4.79 Å². The number of rotatable bonds is 10. The van der Waals surface area contributed by atoms with Gasteiger partial charge < -0.3 is 24.8 Å². The van der Waals surface area contributed by atoms with E-state index < -0.39 is 5.60 Å².